The Labute approximate surface area is 123 Å². The number of sulfonamides is 1. The predicted octanol–water partition coefficient (Wildman–Crippen LogP) is 1.72. The van der Waals surface area contributed by atoms with Crippen molar-refractivity contribution in [1.82, 2.24) is 9.62 Å². The average Bonchev–Trinajstić information content (AvgIpc) is 2.62. The van der Waals surface area contributed by atoms with Crippen molar-refractivity contribution in [2.45, 2.75) is 51.5 Å². The van der Waals surface area contributed by atoms with Crippen LogP contribution >= 0.6 is 0 Å². The summed E-state index contributed by atoms with van der Waals surface area (Å²) in [5.74, 6) is 0.106. The van der Waals surface area contributed by atoms with Gasteiger partial charge in [-0.15, -0.1) is 0 Å². The highest BCUT2D eigenvalue weighted by atomic mass is 32.2. The summed E-state index contributed by atoms with van der Waals surface area (Å²) in [6, 6.07) is 2.68. The largest absolute Gasteiger partial charge is 0.313 e. The summed E-state index contributed by atoms with van der Waals surface area (Å²) in [5, 5.41) is 12.6. The number of hydrogen-bond acceptors (Lipinski definition) is 4. The Morgan fingerprint density at radius 1 is 1.30 bits per heavy atom. The maximum atomic E-state index is 11.5. The van der Waals surface area contributed by atoms with Crippen molar-refractivity contribution >= 4 is 10.0 Å². The highest BCUT2D eigenvalue weighted by Gasteiger charge is 2.22. The molecule has 0 heterocycles. The fourth-order valence-corrected chi connectivity index (χ4v) is 3.74. The first-order valence-electron chi connectivity index (χ1n) is 7.57. The third-order valence-electron chi connectivity index (χ3n) is 3.99. The van der Waals surface area contributed by atoms with Crippen LogP contribution in [0.25, 0.3) is 0 Å². The summed E-state index contributed by atoms with van der Waals surface area (Å²) in [6.45, 7) is 3.69. The summed E-state index contributed by atoms with van der Waals surface area (Å²) < 4.78 is 24.4. The van der Waals surface area contributed by atoms with E-state index in [0.29, 0.717) is 13.1 Å². The van der Waals surface area contributed by atoms with Gasteiger partial charge in [0.1, 0.15) is 0 Å². The van der Waals surface area contributed by atoms with E-state index >= 15 is 0 Å². The molecule has 0 saturated heterocycles. The molecule has 0 radical (unpaired) electrons. The van der Waals surface area contributed by atoms with E-state index in [-0.39, 0.29) is 12.0 Å². The Balaban J connectivity index is 2.34. The van der Waals surface area contributed by atoms with Crippen LogP contribution in [0.3, 0.4) is 0 Å². The van der Waals surface area contributed by atoms with Gasteiger partial charge in [-0.2, -0.15) is 5.26 Å². The van der Waals surface area contributed by atoms with E-state index in [2.05, 4.69) is 11.4 Å². The van der Waals surface area contributed by atoms with E-state index in [1.807, 2.05) is 6.92 Å². The quantitative estimate of drug-likeness (QED) is 0.574. The second-order valence-electron chi connectivity index (χ2n) is 5.54. The van der Waals surface area contributed by atoms with E-state index < -0.39 is 10.0 Å². The van der Waals surface area contributed by atoms with Gasteiger partial charge >= 0.3 is 0 Å². The molecule has 1 aliphatic rings. The van der Waals surface area contributed by atoms with Crippen LogP contribution < -0.4 is 5.32 Å². The Morgan fingerprint density at radius 3 is 2.60 bits per heavy atom. The minimum absolute atomic E-state index is 0.106. The molecule has 1 rings (SSSR count). The van der Waals surface area contributed by atoms with Crippen molar-refractivity contribution in [3.63, 3.8) is 0 Å². The van der Waals surface area contributed by atoms with Gasteiger partial charge in [-0.25, -0.2) is 12.7 Å². The zero-order valence-electron chi connectivity index (χ0n) is 12.6. The fourth-order valence-electron chi connectivity index (χ4n) is 2.81. The molecule has 1 saturated carbocycles. The molecule has 2 atom stereocenters. The Bertz CT molecular complexity index is 417. The third kappa shape index (κ3) is 5.78. The molecular formula is C14H27N3O2S. The molecule has 0 aromatic heterocycles. The Morgan fingerprint density at radius 2 is 2.00 bits per heavy atom. The molecular weight excluding hydrogens is 274 g/mol. The summed E-state index contributed by atoms with van der Waals surface area (Å²) in [4.78, 5) is 0. The third-order valence-corrected chi connectivity index (χ3v) is 5.37. The molecule has 6 heteroatoms. The lowest BCUT2D eigenvalue weighted by atomic mass is 9.96. The number of nitriles is 1. The standard InChI is InChI=1S/C14H27N3O2S/c1-3-17(20(2,18)19)11-7-10-16-14-9-6-4-5-8-13(14)12-15/h13-14,16H,3-11H2,1-2H3. The van der Waals surface area contributed by atoms with Crippen LogP contribution in [-0.4, -0.2) is 44.7 Å². The van der Waals surface area contributed by atoms with Crippen LogP contribution in [0.2, 0.25) is 0 Å². The van der Waals surface area contributed by atoms with Gasteiger partial charge in [0.05, 0.1) is 18.2 Å². The van der Waals surface area contributed by atoms with Gasteiger partial charge in [-0.3, -0.25) is 0 Å². The van der Waals surface area contributed by atoms with Crippen molar-refractivity contribution in [3.8, 4) is 6.07 Å². The summed E-state index contributed by atoms with van der Waals surface area (Å²) in [7, 11) is -3.09. The lowest BCUT2D eigenvalue weighted by molar-refractivity contribution is 0.372. The molecule has 0 spiro atoms. The Kier molecular flexibility index (Phi) is 7.49. The molecule has 1 aliphatic carbocycles. The molecule has 1 N–H and O–H groups in total. The van der Waals surface area contributed by atoms with E-state index in [9.17, 15) is 13.7 Å². The van der Waals surface area contributed by atoms with Gasteiger partial charge in [-0.05, 0) is 25.8 Å². The second kappa shape index (κ2) is 8.60. The minimum Gasteiger partial charge on any atom is -0.313 e. The number of nitrogens with one attached hydrogen (secondary N) is 1. The molecule has 20 heavy (non-hydrogen) atoms. The number of hydrogen-bond donors (Lipinski definition) is 1. The van der Waals surface area contributed by atoms with Gasteiger partial charge in [0, 0.05) is 19.1 Å². The van der Waals surface area contributed by atoms with E-state index in [1.165, 1.54) is 23.4 Å². The second-order valence-corrected chi connectivity index (χ2v) is 7.52. The molecule has 0 amide bonds. The smallest absolute Gasteiger partial charge is 0.211 e. The molecule has 2 unspecified atom stereocenters. The number of rotatable bonds is 7. The average molecular weight is 301 g/mol. The summed E-state index contributed by atoms with van der Waals surface area (Å²) in [5.41, 5.74) is 0. The van der Waals surface area contributed by atoms with Crippen molar-refractivity contribution in [2.75, 3.05) is 25.9 Å². The van der Waals surface area contributed by atoms with Crippen LogP contribution in [0.4, 0.5) is 0 Å². The lowest BCUT2D eigenvalue weighted by Gasteiger charge is -2.22. The first kappa shape index (κ1) is 17.4. The SMILES string of the molecule is CCN(CCCNC1CCCCCC1C#N)S(C)(=O)=O. The zero-order chi connectivity index (χ0) is 15.0. The van der Waals surface area contributed by atoms with Crippen LogP contribution in [-0.2, 0) is 10.0 Å². The molecule has 0 aliphatic heterocycles. The Hall–Kier alpha value is -0.640. The van der Waals surface area contributed by atoms with Crippen molar-refractivity contribution in [2.24, 2.45) is 5.92 Å². The maximum absolute atomic E-state index is 11.5. The first-order chi connectivity index (χ1) is 9.49. The lowest BCUT2D eigenvalue weighted by Crippen LogP contribution is -2.38. The summed E-state index contributed by atoms with van der Waals surface area (Å²) >= 11 is 0. The molecule has 0 aromatic rings. The molecule has 0 aromatic carbocycles. The molecule has 0 bridgehead atoms. The highest BCUT2D eigenvalue weighted by molar-refractivity contribution is 7.88. The minimum atomic E-state index is -3.09. The van der Waals surface area contributed by atoms with Crippen LogP contribution in [0.5, 0.6) is 0 Å². The van der Waals surface area contributed by atoms with Gasteiger partial charge in [0.2, 0.25) is 10.0 Å². The van der Waals surface area contributed by atoms with Crippen molar-refractivity contribution in [1.29, 1.82) is 5.26 Å². The number of nitrogens with zero attached hydrogens (tertiary/aromatic N) is 2. The van der Waals surface area contributed by atoms with E-state index in [1.54, 1.807) is 0 Å². The van der Waals surface area contributed by atoms with Crippen LogP contribution in [0, 0.1) is 17.2 Å². The monoisotopic (exact) mass is 301 g/mol. The van der Waals surface area contributed by atoms with Crippen molar-refractivity contribution in [3.05, 3.63) is 0 Å². The zero-order valence-corrected chi connectivity index (χ0v) is 13.5. The van der Waals surface area contributed by atoms with Crippen molar-refractivity contribution < 1.29 is 8.42 Å². The van der Waals surface area contributed by atoms with Crippen LogP contribution in [0.1, 0.15) is 45.4 Å². The molecule has 116 valence electrons. The predicted molar refractivity (Wildman–Crippen MR) is 80.7 cm³/mol. The highest BCUT2D eigenvalue weighted by Crippen LogP contribution is 2.22. The summed E-state index contributed by atoms with van der Waals surface area (Å²) in [6.07, 6.45) is 7.62. The van der Waals surface area contributed by atoms with Gasteiger partial charge in [0.25, 0.3) is 0 Å². The topological polar surface area (TPSA) is 73.2 Å². The molecule has 5 nitrogen and oxygen atoms in total. The van der Waals surface area contributed by atoms with E-state index in [0.717, 1.165) is 32.2 Å². The normalized spacial score (nSPS) is 24.3. The van der Waals surface area contributed by atoms with Crippen LogP contribution in [0.15, 0.2) is 0 Å². The maximum Gasteiger partial charge on any atom is 0.211 e. The van der Waals surface area contributed by atoms with E-state index in [4.69, 9.17) is 0 Å². The molecule has 1 fully saturated rings. The van der Waals surface area contributed by atoms with Gasteiger partial charge < -0.3 is 5.32 Å². The van der Waals surface area contributed by atoms with Gasteiger partial charge in [-0.1, -0.05) is 26.2 Å². The van der Waals surface area contributed by atoms with Gasteiger partial charge in [0.15, 0.2) is 0 Å². The first-order valence-corrected chi connectivity index (χ1v) is 9.42. The fraction of sp³-hybridized carbons (Fsp3) is 0.929.